The summed E-state index contributed by atoms with van der Waals surface area (Å²) in [5.41, 5.74) is 0.981. The number of carbonyl (C=O) groups is 1. The third-order valence-corrected chi connectivity index (χ3v) is 2.34. The molecule has 0 aromatic heterocycles. The van der Waals surface area contributed by atoms with Crippen LogP contribution in [0.3, 0.4) is 0 Å². The maximum Gasteiger partial charge on any atom is 2.00 e. The monoisotopic (exact) mass is 328 g/mol. The van der Waals surface area contributed by atoms with Crippen LogP contribution in [0.1, 0.15) is 13.8 Å². The van der Waals surface area contributed by atoms with Crippen LogP contribution in [-0.4, -0.2) is 19.4 Å². The van der Waals surface area contributed by atoms with Crippen molar-refractivity contribution in [1.29, 1.82) is 0 Å². The van der Waals surface area contributed by atoms with E-state index in [1.807, 2.05) is 70.8 Å². The molecule has 2 saturated carbocycles. The first kappa shape index (κ1) is 20.5. The standard InChI is InChI=1S/C12H15O3.C5H5.Fe/c1-3-14-12(13)15-9-10(2)8-11-6-4-5-7-11;1-2-4-5-3-1;/h4-8H,3,9H2,1-2H3;1-5H;/q;;+2/b10-8+;;. The van der Waals surface area contributed by atoms with E-state index in [4.69, 9.17) is 4.74 Å². The Bertz CT molecular complexity index is 285. The molecule has 4 heteroatoms. The molecule has 0 heterocycles. The molecule has 112 valence electrons. The molecule has 0 aromatic rings. The Balaban J connectivity index is 0.000000562. The van der Waals surface area contributed by atoms with Gasteiger partial charge in [0.15, 0.2) is 0 Å². The van der Waals surface area contributed by atoms with Gasteiger partial charge in [-0.2, -0.15) is 0 Å². The summed E-state index contributed by atoms with van der Waals surface area (Å²) in [5.74, 6) is 1.11. The van der Waals surface area contributed by atoms with E-state index >= 15 is 0 Å². The van der Waals surface area contributed by atoms with Crippen LogP contribution in [0.5, 0.6) is 0 Å². The van der Waals surface area contributed by atoms with Gasteiger partial charge in [0, 0.05) is 5.92 Å². The molecule has 0 unspecified atom stereocenters. The van der Waals surface area contributed by atoms with Crippen LogP contribution in [0.15, 0.2) is 11.6 Å². The third kappa shape index (κ3) is 10.8. The van der Waals surface area contributed by atoms with Gasteiger partial charge in [0.2, 0.25) is 0 Å². The van der Waals surface area contributed by atoms with Gasteiger partial charge in [0.05, 0.1) is 6.61 Å². The maximum atomic E-state index is 10.9. The number of allylic oxidation sites excluding steroid dienone is 1. The Morgan fingerprint density at radius 3 is 2.00 bits per heavy atom. The van der Waals surface area contributed by atoms with E-state index in [1.165, 1.54) is 0 Å². The van der Waals surface area contributed by atoms with E-state index < -0.39 is 6.16 Å². The van der Waals surface area contributed by atoms with E-state index in [0.717, 1.165) is 11.5 Å². The molecule has 2 rings (SSSR count). The molecule has 0 amide bonds. The van der Waals surface area contributed by atoms with Crippen LogP contribution >= 0.6 is 0 Å². The van der Waals surface area contributed by atoms with E-state index in [2.05, 4.69) is 4.74 Å². The van der Waals surface area contributed by atoms with Gasteiger partial charge in [-0.1, -0.05) is 6.08 Å². The molecule has 0 aromatic carbocycles. The summed E-state index contributed by atoms with van der Waals surface area (Å²) in [6.45, 7) is 4.26. The van der Waals surface area contributed by atoms with Crippen LogP contribution in [0.4, 0.5) is 4.79 Å². The molecule has 10 radical (unpaired) electrons. The van der Waals surface area contributed by atoms with Crippen molar-refractivity contribution in [1.82, 2.24) is 0 Å². The van der Waals surface area contributed by atoms with Crippen molar-refractivity contribution in [2.45, 2.75) is 13.8 Å². The average molecular weight is 328 g/mol. The minimum atomic E-state index is -0.618. The van der Waals surface area contributed by atoms with Gasteiger partial charge >= 0.3 is 23.2 Å². The zero-order valence-electron chi connectivity index (χ0n) is 12.3. The zero-order chi connectivity index (χ0) is 14.6. The van der Waals surface area contributed by atoms with Gasteiger partial charge in [-0.25, -0.2) is 4.79 Å². The number of rotatable bonds is 4. The molecule has 3 nitrogen and oxygen atoms in total. The fourth-order valence-electron chi connectivity index (χ4n) is 1.46. The van der Waals surface area contributed by atoms with Crippen LogP contribution in [-0.2, 0) is 26.5 Å². The minimum Gasteiger partial charge on any atom is -0.435 e. The molecular weight excluding hydrogens is 308 g/mol. The van der Waals surface area contributed by atoms with Gasteiger partial charge in [0.1, 0.15) is 6.61 Å². The third-order valence-electron chi connectivity index (χ3n) is 2.34. The quantitative estimate of drug-likeness (QED) is 0.585. The van der Waals surface area contributed by atoms with Crippen molar-refractivity contribution in [2.24, 2.45) is 0 Å². The van der Waals surface area contributed by atoms with Gasteiger partial charge in [-0.15, -0.1) is 0 Å². The Hall–Kier alpha value is -0.471. The van der Waals surface area contributed by atoms with Crippen LogP contribution in [0.25, 0.3) is 0 Å². The van der Waals surface area contributed by atoms with Gasteiger partial charge < -0.3 is 9.47 Å². The first-order valence-electron chi connectivity index (χ1n) is 6.57. The van der Waals surface area contributed by atoms with E-state index in [-0.39, 0.29) is 23.7 Å². The topological polar surface area (TPSA) is 35.5 Å². The number of hydrogen-bond donors (Lipinski definition) is 0. The molecule has 2 aliphatic rings. The fourth-order valence-corrected chi connectivity index (χ4v) is 1.46. The molecule has 0 bridgehead atoms. The van der Waals surface area contributed by atoms with E-state index in [0.29, 0.717) is 6.61 Å². The smallest absolute Gasteiger partial charge is 0.435 e. The second-order valence-electron chi connectivity index (χ2n) is 4.14. The largest absolute Gasteiger partial charge is 2.00 e. The second kappa shape index (κ2) is 13.2. The molecule has 0 spiro atoms. The summed E-state index contributed by atoms with van der Waals surface area (Å²) in [7, 11) is 0. The molecule has 0 aliphatic heterocycles. The zero-order valence-corrected chi connectivity index (χ0v) is 13.4. The summed E-state index contributed by atoms with van der Waals surface area (Å²) < 4.78 is 9.50. The first-order valence-corrected chi connectivity index (χ1v) is 6.57. The number of ether oxygens (including phenoxy) is 2. The van der Waals surface area contributed by atoms with Gasteiger partial charge in [-0.3, -0.25) is 0 Å². The summed E-state index contributed by atoms with van der Waals surface area (Å²) in [6, 6.07) is 0. The van der Waals surface area contributed by atoms with Gasteiger partial charge in [-0.05, 0) is 77.2 Å². The minimum absolute atomic E-state index is 0. The van der Waals surface area contributed by atoms with Crippen molar-refractivity contribution < 1.29 is 31.3 Å². The van der Waals surface area contributed by atoms with Crippen molar-refractivity contribution in [3.05, 3.63) is 75.4 Å². The molecule has 2 aliphatic carbocycles. The predicted octanol–water partition coefficient (Wildman–Crippen LogP) is 3.53. The first-order chi connectivity index (χ1) is 9.72. The summed E-state index contributed by atoms with van der Waals surface area (Å²) in [6.07, 6.45) is 19.3. The molecule has 0 atom stereocenters. The predicted molar refractivity (Wildman–Crippen MR) is 78.7 cm³/mol. The van der Waals surface area contributed by atoms with Crippen LogP contribution < -0.4 is 0 Å². The summed E-state index contributed by atoms with van der Waals surface area (Å²) in [4.78, 5) is 10.9. The van der Waals surface area contributed by atoms with Crippen molar-refractivity contribution in [3.8, 4) is 0 Å². The SMILES string of the molecule is CCOC(=O)OC/C(C)=C/[C]1[CH][CH][CH][CH]1.[CH]1[CH][CH][CH][CH]1.[Fe+2]. The van der Waals surface area contributed by atoms with Crippen molar-refractivity contribution in [2.75, 3.05) is 13.2 Å². The normalized spacial score (nSPS) is 18.5. The van der Waals surface area contributed by atoms with E-state index in [9.17, 15) is 4.79 Å². The Labute approximate surface area is 140 Å². The van der Waals surface area contributed by atoms with Crippen LogP contribution in [0.2, 0.25) is 0 Å². The molecule has 21 heavy (non-hydrogen) atoms. The van der Waals surface area contributed by atoms with Crippen molar-refractivity contribution >= 4 is 6.16 Å². The second-order valence-corrected chi connectivity index (χ2v) is 4.14. The average Bonchev–Trinajstić information content (AvgIpc) is 3.12. The Kier molecular flexibility index (Phi) is 12.9. The summed E-state index contributed by atoms with van der Waals surface area (Å²) in [5, 5.41) is 0. The molecule has 2 fully saturated rings. The maximum absolute atomic E-state index is 10.9. The summed E-state index contributed by atoms with van der Waals surface area (Å²) >= 11 is 0. The Morgan fingerprint density at radius 1 is 1.00 bits per heavy atom. The number of carbonyl (C=O) groups excluding carboxylic acids is 1. The van der Waals surface area contributed by atoms with Gasteiger partial charge in [0.25, 0.3) is 0 Å². The van der Waals surface area contributed by atoms with E-state index in [1.54, 1.807) is 6.92 Å². The molecular formula is C17H20FeO3+2. The van der Waals surface area contributed by atoms with Crippen molar-refractivity contribution in [3.63, 3.8) is 0 Å². The molecule has 0 saturated heterocycles. The molecule has 0 N–H and O–H groups in total. The van der Waals surface area contributed by atoms with Crippen LogP contribution in [0, 0.1) is 63.7 Å². The number of hydrogen-bond acceptors (Lipinski definition) is 3. The Morgan fingerprint density at radius 2 is 1.52 bits per heavy atom. The fraction of sp³-hybridized carbons (Fsp3) is 0.235.